The Morgan fingerprint density at radius 3 is 1.84 bits per heavy atom. The largest absolute Gasteiger partial charge is 0.462 e. The van der Waals surface area contributed by atoms with Gasteiger partial charge < -0.3 is 42.6 Å². The lowest BCUT2D eigenvalue weighted by Gasteiger charge is -2.53. The minimum Gasteiger partial charge on any atom is -0.462 e. The van der Waals surface area contributed by atoms with Crippen molar-refractivity contribution in [3.05, 3.63) is 0 Å². The number of rotatable bonds is 6. The molecule has 4 fully saturated rings. The third-order valence-corrected chi connectivity index (χ3v) is 7.87. The Bertz CT molecular complexity index is 1110. The molecule has 246 valence electrons. The van der Waals surface area contributed by atoms with Crippen LogP contribution in [0.25, 0.3) is 0 Å². The lowest BCUT2D eigenvalue weighted by Crippen LogP contribution is -2.77. The van der Waals surface area contributed by atoms with E-state index in [4.69, 9.17) is 42.6 Å². The molecule has 4 aliphatic heterocycles. The second kappa shape index (κ2) is 10.6. The first-order chi connectivity index (χ1) is 19.3. The number of fused-ring (bicyclic) bond motifs is 4. The molecule has 2 bridgehead atoms. The van der Waals surface area contributed by atoms with Gasteiger partial charge in [-0.25, -0.2) is 0 Å². The van der Waals surface area contributed by atoms with E-state index in [1.807, 2.05) is 0 Å². The van der Waals surface area contributed by atoms with Gasteiger partial charge in [0.2, 0.25) is 0 Å². The van der Waals surface area contributed by atoms with Crippen molar-refractivity contribution in [3.8, 4) is 0 Å². The summed E-state index contributed by atoms with van der Waals surface area (Å²) in [5, 5.41) is 0. The molecule has 0 N–H and O–H groups in total. The maximum absolute atomic E-state index is 13.2. The van der Waals surface area contributed by atoms with Crippen LogP contribution >= 0.6 is 0 Å². The molecule has 0 aromatic heterocycles. The molecule has 0 spiro atoms. The Morgan fingerprint density at radius 1 is 0.744 bits per heavy atom. The van der Waals surface area contributed by atoms with Gasteiger partial charge in [0.05, 0.1) is 22.9 Å². The molecule has 4 saturated heterocycles. The Balaban J connectivity index is 1.88. The monoisotopic (exact) mass is 614 g/mol. The molecule has 4 rings (SSSR count). The van der Waals surface area contributed by atoms with Crippen LogP contribution in [0, 0.1) is 16.2 Å². The molecule has 4 heterocycles. The van der Waals surface area contributed by atoms with Gasteiger partial charge in [0, 0.05) is 0 Å². The molecular weight excluding hydrogens is 564 g/mol. The van der Waals surface area contributed by atoms with Crippen LogP contribution in [0.1, 0.15) is 90.0 Å². The van der Waals surface area contributed by atoms with Crippen LogP contribution in [0.15, 0.2) is 0 Å². The van der Waals surface area contributed by atoms with E-state index in [1.54, 1.807) is 90.0 Å². The maximum Gasteiger partial charge on any atom is 0.311 e. The highest BCUT2D eigenvalue weighted by molar-refractivity contribution is 5.76. The van der Waals surface area contributed by atoms with E-state index in [2.05, 4.69) is 0 Å². The van der Waals surface area contributed by atoms with E-state index < -0.39 is 94.2 Å². The fraction of sp³-hybridized carbons (Fsp3) is 0.903. The quantitative estimate of drug-likeness (QED) is 0.319. The molecule has 0 aliphatic carbocycles. The van der Waals surface area contributed by atoms with E-state index in [9.17, 15) is 14.4 Å². The summed E-state index contributed by atoms with van der Waals surface area (Å²) in [6.07, 6.45) is -4.79. The van der Waals surface area contributed by atoms with Gasteiger partial charge in [0.15, 0.2) is 35.2 Å². The van der Waals surface area contributed by atoms with Gasteiger partial charge in [-0.2, -0.15) is 0 Å². The van der Waals surface area contributed by atoms with Gasteiger partial charge in [-0.3, -0.25) is 14.4 Å². The second-order valence-corrected chi connectivity index (χ2v) is 16.0. The fourth-order valence-electron chi connectivity index (χ4n) is 5.81. The molecule has 0 aromatic carbocycles. The number of carbonyl (C=O) groups excluding carboxylic acids is 3. The zero-order valence-corrected chi connectivity index (χ0v) is 27.9. The Labute approximate surface area is 254 Å². The van der Waals surface area contributed by atoms with Crippen LogP contribution < -0.4 is 0 Å². The average Bonchev–Trinajstić information content (AvgIpc) is 3.48. The fourth-order valence-corrected chi connectivity index (χ4v) is 5.81. The smallest absolute Gasteiger partial charge is 0.311 e. The zero-order chi connectivity index (χ0) is 32.6. The third-order valence-electron chi connectivity index (χ3n) is 7.87. The van der Waals surface area contributed by atoms with Gasteiger partial charge in [-0.1, -0.05) is 0 Å². The highest BCUT2D eigenvalue weighted by atomic mass is 16.8. The summed E-state index contributed by atoms with van der Waals surface area (Å²) in [6, 6.07) is 0. The van der Waals surface area contributed by atoms with Crippen molar-refractivity contribution in [1.82, 2.24) is 0 Å². The van der Waals surface area contributed by atoms with Crippen LogP contribution in [-0.2, 0) is 57.0 Å². The van der Waals surface area contributed by atoms with Gasteiger partial charge >= 0.3 is 17.9 Å². The first-order valence-corrected chi connectivity index (χ1v) is 14.9. The first-order valence-electron chi connectivity index (χ1n) is 14.9. The summed E-state index contributed by atoms with van der Waals surface area (Å²) in [4.78, 5) is 39.4. The van der Waals surface area contributed by atoms with Crippen molar-refractivity contribution in [2.45, 2.75) is 143 Å². The normalized spacial score (nSPS) is 36.6. The topological polar surface area (TPSA) is 134 Å². The molecular formula is C31H50O12. The lowest BCUT2D eigenvalue weighted by atomic mass is 9.71. The van der Waals surface area contributed by atoms with Crippen molar-refractivity contribution in [3.63, 3.8) is 0 Å². The maximum atomic E-state index is 13.2. The summed E-state index contributed by atoms with van der Waals surface area (Å²) in [5.41, 5.74) is -5.91. The lowest BCUT2D eigenvalue weighted by molar-refractivity contribution is -0.333. The molecule has 43 heavy (non-hydrogen) atoms. The number of hydrogen-bond donors (Lipinski definition) is 0. The minimum atomic E-state index is -1.72. The van der Waals surface area contributed by atoms with Crippen LogP contribution in [0.4, 0.5) is 0 Å². The highest BCUT2D eigenvalue weighted by Crippen LogP contribution is 2.59. The molecule has 0 saturated carbocycles. The average molecular weight is 615 g/mol. The molecule has 0 radical (unpaired) electrons. The van der Waals surface area contributed by atoms with Crippen LogP contribution in [0.2, 0.25) is 0 Å². The summed E-state index contributed by atoms with van der Waals surface area (Å²) >= 11 is 0. The number of ether oxygens (including phenoxy) is 9. The predicted molar refractivity (Wildman–Crippen MR) is 150 cm³/mol. The van der Waals surface area contributed by atoms with E-state index in [1.165, 1.54) is 0 Å². The number of hydrogen-bond acceptors (Lipinski definition) is 12. The summed E-state index contributed by atoms with van der Waals surface area (Å²) in [7, 11) is 0. The molecule has 12 nitrogen and oxygen atoms in total. The van der Waals surface area contributed by atoms with Crippen LogP contribution in [0.3, 0.4) is 0 Å². The summed E-state index contributed by atoms with van der Waals surface area (Å²) in [6.45, 7) is 21.9. The first kappa shape index (κ1) is 34.1. The van der Waals surface area contributed by atoms with Crippen molar-refractivity contribution in [2.75, 3.05) is 19.8 Å². The van der Waals surface area contributed by atoms with E-state index in [0.717, 1.165) is 0 Å². The van der Waals surface area contributed by atoms with Crippen molar-refractivity contribution in [1.29, 1.82) is 0 Å². The van der Waals surface area contributed by atoms with E-state index >= 15 is 0 Å². The number of carbonyl (C=O) groups is 3. The second-order valence-electron chi connectivity index (χ2n) is 16.0. The molecule has 0 aromatic rings. The summed E-state index contributed by atoms with van der Waals surface area (Å²) in [5.74, 6) is -3.96. The minimum absolute atomic E-state index is 0.0872. The Hall–Kier alpha value is -1.83. The molecule has 0 amide bonds. The Morgan fingerprint density at radius 2 is 1.28 bits per heavy atom. The third kappa shape index (κ3) is 6.20. The van der Waals surface area contributed by atoms with Crippen LogP contribution in [0.5, 0.6) is 0 Å². The van der Waals surface area contributed by atoms with Gasteiger partial charge in [0.1, 0.15) is 31.5 Å². The highest BCUT2D eigenvalue weighted by Gasteiger charge is 2.82. The van der Waals surface area contributed by atoms with E-state index in [0.29, 0.717) is 0 Å². The zero-order valence-electron chi connectivity index (χ0n) is 27.9. The van der Waals surface area contributed by atoms with Crippen molar-refractivity contribution < 1.29 is 57.0 Å². The SMILES string of the molecule is CC1(C)O[C@H]2[C@@H](OC(=O)C(C)(C)C)[C@H]3CO[C@H](O3)[C@@]2([C@@]2(COC(=O)C(C)(C)C)OC(C)(C)O[C@@H]2COC(=O)C(C)(C)C)O1. The van der Waals surface area contributed by atoms with Crippen molar-refractivity contribution >= 4 is 17.9 Å². The molecule has 7 atom stereocenters. The van der Waals surface area contributed by atoms with Crippen molar-refractivity contribution in [2.24, 2.45) is 16.2 Å². The van der Waals surface area contributed by atoms with Crippen LogP contribution in [-0.4, -0.2) is 91.2 Å². The van der Waals surface area contributed by atoms with Gasteiger partial charge in [0.25, 0.3) is 0 Å². The molecule has 4 aliphatic rings. The van der Waals surface area contributed by atoms with E-state index in [-0.39, 0.29) is 13.2 Å². The van der Waals surface area contributed by atoms with Gasteiger partial charge in [-0.05, 0) is 90.0 Å². The summed E-state index contributed by atoms with van der Waals surface area (Å²) < 4.78 is 56.8. The predicted octanol–water partition coefficient (Wildman–Crippen LogP) is 3.66. The van der Waals surface area contributed by atoms with Gasteiger partial charge in [-0.15, -0.1) is 0 Å². The Kier molecular flexibility index (Phi) is 8.41. The number of esters is 3. The standard InChI is InChI=1S/C31H50O12/c1-25(2,3)21(32)35-15-18-30(42-28(10,11)40-18,16-37-22(33)26(4,5)6)31-20(41-29(12,13)43-31)19(17-14-36-24(31)38-17)39-23(34)27(7,8)9/h17-20,24H,14-16H2,1-13H3/t17-,18-,19+,20+,24-,30+,31+/m1/s1. The molecule has 0 unspecified atom stereocenters. The molecule has 12 heteroatoms.